The highest BCUT2D eigenvalue weighted by atomic mass is 16.3. The highest BCUT2D eigenvalue weighted by molar-refractivity contribution is 5.82. The molecular formula is C32H30O4. The van der Waals surface area contributed by atoms with E-state index in [0.29, 0.717) is 34.8 Å². The summed E-state index contributed by atoms with van der Waals surface area (Å²) in [7, 11) is 0. The molecular weight excluding hydrogens is 448 g/mol. The molecule has 0 aliphatic heterocycles. The molecule has 36 heavy (non-hydrogen) atoms. The third-order valence-corrected chi connectivity index (χ3v) is 5.71. The van der Waals surface area contributed by atoms with Gasteiger partial charge in [-0.2, -0.15) is 0 Å². The lowest BCUT2D eigenvalue weighted by molar-refractivity contribution is 0.111. The van der Waals surface area contributed by atoms with Gasteiger partial charge in [-0.15, -0.1) is 0 Å². The molecule has 0 atom stereocenters. The maximum absolute atomic E-state index is 11.4. The van der Waals surface area contributed by atoms with Crippen molar-refractivity contribution in [3.63, 3.8) is 0 Å². The normalized spacial score (nSPS) is 11.1. The first-order chi connectivity index (χ1) is 16.8. The van der Waals surface area contributed by atoms with E-state index in [1.165, 1.54) is 0 Å². The van der Waals surface area contributed by atoms with Gasteiger partial charge in [-0.3, -0.25) is 9.59 Å². The van der Waals surface area contributed by atoms with Crippen molar-refractivity contribution in [3.8, 4) is 35.2 Å². The SMILES string of the molecule is CC(C)(C)c1cc(C#Cc2cccc(C#Cc3cc(C=O)c(O)c(C(C)(C)C)c3)c2)cc(C=O)c1O. The number of hydrogen-bond acceptors (Lipinski definition) is 4. The zero-order valence-electron chi connectivity index (χ0n) is 21.5. The summed E-state index contributed by atoms with van der Waals surface area (Å²) in [5.74, 6) is 12.4. The monoisotopic (exact) mass is 478 g/mol. The molecule has 3 aromatic carbocycles. The quantitative estimate of drug-likeness (QED) is 0.344. The maximum Gasteiger partial charge on any atom is 0.153 e. The van der Waals surface area contributed by atoms with E-state index in [0.717, 1.165) is 11.1 Å². The van der Waals surface area contributed by atoms with E-state index in [1.807, 2.05) is 65.8 Å². The zero-order chi connectivity index (χ0) is 26.7. The first-order valence-electron chi connectivity index (χ1n) is 11.6. The molecule has 0 spiro atoms. The molecule has 0 fully saturated rings. The van der Waals surface area contributed by atoms with E-state index in [-0.39, 0.29) is 33.5 Å². The van der Waals surface area contributed by atoms with Crippen LogP contribution in [0.3, 0.4) is 0 Å². The van der Waals surface area contributed by atoms with Gasteiger partial charge in [0.2, 0.25) is 0 Å². The maximum atomic E-state index is 11.4. The molecule has 0 heterocycles. The lowest BCUT2D eigenvalue weighted by Gasteiger charge is -2.21. The van der Waals surface area contributed by atoms with E-state index in [1.54, 1.807) is 24.3 Å². The predicted molar refractivity (Wildman–Crippen MR) is 143 cm³/mol. The van der Waals surface area contributed by atoms with Crippen molar-refractivity contribution >= 4 is 12.6 Å². The Morgan fingerprint density at radius 1 is 0.583 bits per heavy atom. The number of benzene rings is 3. The van der Waals surface area contributed by atoms with Gasteiger partial charge in [0.05, 0.1) is 11.1 Å². The molecule has 4 heteroatoms. The highest BCUT2D eigenvalue weighted by Crippen LogP contribution is 2.34. The van der Waals surface area contributed by atoms with E-state index in [4.69, 9.17) is 0 Å². The molecule has 2 N–H and O–H groups in total. The Morgan fingerprint density at radius 3 is 1.28 bits per heavy atom. The minimum atomic E-state index is -0.347. The van der Waals surface area contributed by atoms with Crippen LogP contribution in [0.4, 0.5) is 0 Å². The van der Waals surface area contributed by atoms with Crippen molar-refractivity contribution in [2.24, 2.45) is 0 Å². The summed E-state index contributed by atoms with van der Waals surface area (Å²) in [4.78, 5) is 22.9. The Balaban J connectivity index is 1.97. The van der Waals surface area contributed by atoms with Crippen LogP contribution in [0.5, 0.6) is 11.5 Å². The number of phenols is 2. The Hall–Kier alpha value is -4.28. The number of rotatable bonds is 2. The fourth-order valence-corrected chi connectivity index (χ4v) is 3.74. The summed E-state index contributed by atoms with van der Waals surface area (Å²) >= 11 is 0. The van der Waals surface area contributed by atoms with Gasteiger partial charge in [0, 0.05) is 33.4 Å². The predicted octanol–water partition coefficient (Wildman–Crippen LogP) is 6.12. The number of aldehydes is 2. The van der Waals surface area contributed by atoms with Crippen LogP contribution in [-0.2, 0) is 10.8 Å². The van der Waals surface area contributed by atoms with Crippen molar-refractivity contribution in [3.05, 3.63) is 93.0 Å². The standard InChI is InChI=1S/C32H30O4/c1-31(2,3)27-17-23(15-25(19-33)29(27)35)12-10-21-8-7-9-22(14-21)11-13-24-16-26(20-34)30(36)28(18-24)32(4,5)6/h7-9,14-20,35-36H,1-6H3. The molecule has 0 radical (unpaired) electrons. The smallest absolute Gasteiger partial charge is 0.153 e. The summed E-state index contributed by atoms with van der Waals surface area (Å²) in [6, 6.07) is 14.2. The van der Waals surface area contributed by atoms with Gasteiger partial charge in [-0.25, -0.2) is 0 Å². The molecule has 4 nitrogen and oxygen atoms in total. The molecule has 0 bridgehead atoms. The second-order valence-electron chi connectivity index (χ2n) is 10.7. The molecule has 0 saturated heterocycles. The van der Waals surface area contributed by atoms with E-state index < -0.39 is 0 Å². The summed E-state index contributed by atoms with van der Waals surface area (Å²) < 4.78 is 0. The minimum Gasteiger partial charge on any atom is -0.507 e. The first kappa shape index (κ1) is 26.3. The van der Waals surface area contributed by atoms with Gasteiger partial charge >= 0.3 is 0 Å². The van der Waals surface area contributed by atoms with Crippen molar-refractivity contribution in [2.75, 3.05) is 0 Å². The second kappa shape index (κ2) is 10.1. The van der Waals surface area contributed by atoms with Crippen molar-refractivity contribution in [2.45, 2.75) is 52.4 Å². The average molecular weight is 479 g/mol. The molecule has 3 rings (SSSR count). The van der Waals surface area contributed by atoms with Gasteiger partial charge in [-0.1, -0.05) is 71.3 Å². The Kier molecular flexibility index (Phi) is 7.42. The van der Waals surface area contributed by atoms with Crippen LogP contribution >= 0.6 is 0 Å². The van der Waals surface area contributed by atoms with Gasteiger partial charge in [0.15, 0.2) is 12.6 Å². The van der Waals surface area contributed by atoms with Crippen LogP contribution in [0.25, 0.3) is 0 Å². The van der Waals surface area contributed by atoms with Crippen LogP contribution in [-0.4, -0.2) is 22.8 Å². The van der Waals surface area contributed by atoms with Crippen LogP contribution < -0.4 is 0 Å². The van der Waals surface area contributed by atoms with E-state index in [2.05, 4.69) is 23.7 Å². The molecule has 0 aliphatic rings. The molecule has 0 aromatic heterocycles. The van der Waals surface area contributed by atoms with Gasteiger partial charge < -0.3 is 10.2 Å². The molecule has 0 aliphatic carbocycles. The van der Waals surface area contributed by atoms with Crippen molar-refractivity contribution in [1.29, 1.82) is 0 Å². The van der Waals surface area contributed by atoms with Crippen LogP contribution in [0, 0.1) is 23.7 Å². The second-order valence-corrected chi connectivity index (χ2v) is 10.7. The number of phenolic OH excluding ortho intramolecular Hbond substituents is 2. The number of hydrogen-bond donors (Lipinski definition) is 2. The fraction of sp³-hybridized carbons (Fsp3) is 0.250. The molecule has 0 unspecified atom stereocenters. The Labute approximate surface area is 213 Å². The van der Waals surface area contributed by atoms with Crippen LogP contribution in [0.2, 0.25) is 0 Å². The van der Waals surface area contributed by atoms with Crippen molar-refractivity contribution in [1.82, 2.24) is 0 Å². The minimum absolute atomic E-state index is 0.0121. The first-order valence-corrected chi connectivity index (χ1v) is 11.6. The summed E-state index contributed by atoms with van der Waals surface area (Å²) in [5, 5.41) is 20.8. The summed E-state index contributed by atoms with van der Waals surface area (Å²) in [6.45, 7) is 11.8. The van der Waals surface area contributed by atoms with Gasteiger partial charge in [-0.05, 0) is 53.3 Å². The largest absolute Gasteiger partial charge is 0.507 e. The topological polar surface area (TPSA) is 74.6 Å². The number of aromatic hydroxyl groups is 2. The molecule has 0 saturated carbocycles. The number of carbonyl (C=O) groups excluding carboxylic acids is 2. The lowest BCUT2D eigenvalue weighted by Crippen LogP contribution is -2.12. The zero-order valence-corrected chi connectivity index (χ0v) is 21.5. The Morgan fingerprint density at radius 2 is 0.944 bits per heavy atom. The number of carbonyl (C=O) groups is 2. The average Bonchev–Trinajstić information content (AvgIpc) is 2.81. The molecule has 3 aromatic rings. The summed E-state index contributed by atoms with van der Waals surface area (Å²) in [6.07, 6.45) is 1.27. The lowest BCUT2D eigenvalue weighted by atomic mass is 9.84. The Bertz CT molecular complexity index is 1350. The third-order valence-electron chi connectivity index (χ3n) is 5.71. The van der Waals surface area contributed by atoms with Crippen molar-refractivity contribution < 1.29 is 19.8 Å². The summed E-state index contributed by atoms with van der Waals surface area (Å²) in [5.41, 5.74) is 3.81. The molecule has 182 valence electrons. The molecule has 0 amide bonds. The van der Waals surface area contributed by atoms with Gasteiger partial charge in [0.25, 0.3) is 0 Å². The van der Waals surface area contributed by atoms with E-state index in [9.17, 15) is 19.8 Å². The third kappa shape index (κ3) is 6.04. The fourth-order valence-electron chi connectivity index (χ4n) is 3.74. The highest BCUT2D eigenvalue weighted by Gasteiger charge is 2.22. The van der Waals surface area contributed by atoms with Crippen LogP contribution in [0.1, 0.15) is 95.6 Å². The van der Waals surface area contributed by atoms with E-state index >= 15 is 0 Å². The van der Waals surface area contributed by atoms with Crippen LogP contribution in [0.15, 0.2) is 48.5 Å². The van der Waals surface area contributed by atoms with Gasteiger partial charge in [0.1, 0.15) is 11.5 Å².